The van der Waals surface area contributed by atoms with Gasteiger partial charge in [0.2, 0.25) is 0 Å². The largest absolute Gasteiger partial charge is 0.487 e. The van der Waals surface area contributed by atoms with Crippen molar-refractivity contribution in [1.82, 2.24) is 0 Å². The summed E-state index contributed by atoms with van der Waals surface area (Å²) in [5.74, 6) is 0.306. The molecule has 0 saturated heterocycles. The summed E-state index contributed by atoms with van der Waals surface area (Å²) in [6, 6.07) is 9.77. The number of halogens is 1. The predicted molar refractivity (Wildman–Crippen MR) is 75.5 cm³/mol. The summed E-state index contributed by atoms with van der Waals surface area (Å²) >= 11 is 5.89. The van der Waals surface area contributed by atoms with Crippen molar-refractivity contribution < 1.29 is 14.6 Å². The molecule has 2 rings (SSSR count). The molecule has 0 heterocycles. The van der Waals surface area contributed by atoms with Gasteiger partial charge in [-0.05, 0) is 23.8 Å². The first-order valence-electron chi connectivity index (χ1n) is 5.77. The highest BCUT2D eigenvalue weighted by atomic mass is 35.5. The Morgan fingerprint density at radius 3 is 2.05 bits per heavy atom. The zero-order valence-electron chi connectivity index (χ0n) is 10.6. The van der Waals surface area contributed by atoms with Crippen LogP contribution in [0, 0.1) is 20.2 Å². The number of hydrogen-bond donors (Lipinski definition) is 0. The summed E-state index contributed by atoms with van der Waals surface area (Å²) < 4.78 is 5.43. The Hall–Kier alpha value is -2.67. The first-order chi connectivity index (χ1) is 9.97. The quantitative estimate of drug-likeness (QED) is 0.619. The van der Waals surface area contributed by atoms with Crippen molar-refractivity contribution in [3.8, 4) is 5.75 Å². The van der Waals surface area contributed by atoms with Crippen molar-refractivity contribution in [2.45, 2.75) is 6.61 Å². The van der Waals surface area contributed by atoms with Gasteiger partial charge in [0, 0.05) is 24.3 Å². The predicted octanol–water partition coefficient (Wildman–Crippen LogP) is 3.74. The zero-order chi connectivity index (χ0) is 15.4. The zero-order valence-corrected chi connectivity index (χ0v) is 11.3. The van der Waals surface area contributed by atoms with Gasteiger partial charge in [0.1, 0.15) is 12.4 Å². The molecule has 0 fully saturated rings. The molecule has 0 amide bonds. The lowest BCUT2D eigenvalue weighted by molar-refractivity contribution is -0.385. The number of benzene rings is 2. The van der Waals surface area contributed by atoms with Crippen molar-refractivity contribution in [3.05, 3.63) is 73.3 Å². The van der Waals surface area contributed by atoms with Crippen LogP contribution in [-0.4, -0.2) is 9.85 Å². The highest BCUT2D eigenvalue weighted by Gasteiger charge is 2.10. The summed E-state index contributed by atoms with van der Waals surface area (Å²) in [5, 5.41) is 21.2. The second-order valence-electron chi connectivity index (χ2n) is 4.08. The minimum atomic E-state index is -0.550. The second-order valence-corrected chi connectivity index (χ2v) is 4.49. The summed E-state index contributed by atoms with van der Waals surface area (Å²) in [7, 11) is 0. The molecule has 2 aromatic carbocycles. The Morgan fingerprint density at radius 1 is 0.952 bits per heavy atom. The van der Waals surface area contributed by atoms with Crippen LogP contribution in [-0.2, 0) is 6.61 Å². The van der Waals surface area contributed by atoms with Gasteiger partial charge in [-0.25, -0.2) is 0 Å². The molecular formula is C13H9ClN2O5. The number of hydrogen-bond acceptors (Lipinski definition) is 5. The van der Waals surface area contributed by atoms with Gasteiger partial charge in [-0.1, -0.05) is 11.6 Å². The Morgan fingerprint density at radius 2 is 1.52 bits per heavy atom. The van der Waals surface area contributed by atoms with Gasteiger partial charge in [0.25, 0.3) is 11.4 Å². The van der Waals surface area contributed by atoms with E-state index in [4.69, 9.17) is 16.3 Å². The van der Waals surface area contributed by atoms with E-state index in [1.807, 2.05) is 0 Å². The average Bonchev–Trinajstić information content (AvgIpc) is 2.46. The lowest BCUT2D eigenvalue weighted by atomic mass is 10.2. The van der Waals surface area contributed by atoms with Crippen LogP contribution in [0.3, 0.4) is 0 Å². The number of rotatable bonds is 5. The molecule has 7 nitrogen and oxygen atoms in total. The van der Waals surface area contributed by atoms with E-state index < -0.39 is 9.85 Å². The van der Waals surface area contributed by atoms with Gasteiger partial charge in [-0.2, -0.15) is 0 Å². The first-order valence-corrected chi connectivity index (χ1v) is 6.15. The molecule has 0 bridgehead atoms. The van der Waals surface area contributed by atoms with E-state index in [0.717, 1.165) is 5.56 Å². The number of nitro benzene ring substituents is 2. The Bertz CT molecular complexity index is 687. The third kappa shape index (κ3) is 3.67. The topological polar surface area (TPSA) is 95.5 Å². The lowest BCUT2D eigenvalue weighted by Gasteiger charge is -2.07. The fraction of sp³-hybridized carbons (Fsp3) is 0.0769. The third-order valence-corrected chi connectivity index (χ3v) is 2.96. The molecule has 0 spiro atoms. The normalized spacial score (nSPS) is 10.1. The maximum Gasteiger partial charge on any atom is 0.271 e. The summed E-state index contributed by atoms with van der Waals surface area (Å²) in [6.45, 7) is 0.148. The molecule has 0 aromatic heterocycles. The van der Waals surface area contributed by atoms with Gasteiger partial charge in [-0.15, -0.1) is 0 Å². The summed E-state index contributed by atoms with van der Waals surface area (Å²) in [6.07, 6.45) is 0. The minimum absolute atomic E-state index is 0.00730. The molecule has 0 aliphatic heterocycles. The molecule has 0 aliphatic carbocycles. The number of non-ortho nitro benzene ring substituents is 2. The molecule has 21 heavy (non-hydrogen) atoms. The van der Waals surface area contributed by atoms with Gasteiger partial charge < -0.3 is 4.74 Å². The van der Waals surface area contributed by atoms with Gasteiger partial charge in [0.05, 0.1) is 14.9 Å². The number of ether oxygens (including phenoxy) is 1. The Labute approximate surface area is 124 Å². The fourth-order valence-corrected chi connectivity index (χ4v) is 1.82. The standard InChI is InChI=1S/C13H9ClN2O5/c14-12-7-11(16(19)20)5-6-13(12)21-8-9-1-3-10(4-2-9)15(17)18/h1-7H,8H2. The molecule has 8 heteroatoms. The highest BCUT2D eigenvalue weighted by Crippen LogP contribution is 2.29. The molecule has 0 radical (unpaired) electrons. The van der Waals surface area contributed by atoms with E-state index >= 15 is 0 Å². The van der Waals surface area contributed by atoms with Crippen molar-refractivity contribution in [1.29, 1.82) is 0 Å². The van der Waals surface area contributed by atoms with Crippen LogP contribution >= 0.6 is 11.6 Å². The minimum Gasteiger partial charge on any atom is -0.487 e. The van der Waals surface area contributed by atoms with Crippen LogP contribution < -0.4 is 4.74 Å². The number of nitro groups is 2. The SMILES string of the molecule is O=[N+]([O-])c1ccc(COc2ccc([N+](=O)[O-])cc2Cl)cc1. The van der Waals surface area contributed by atoms with Crippen molar-refractivity contribution in [2.75, 3.05) is 0 Å². The molecule has 0 saturated carbocycles. The van der Waals surface area contributed by atoms with Crippen LogP contribution in [0.2, 0.25) is 5.02 Å². The summed E-state index contributed by atoms with van der Waals surface area (Å²) in [5.41, 5.74) is 0.588. The van der Waals surface area contributed by atoms with E-state index in [2.05, 4.69) is 0 Å². The van der Waals surface area contributed by atoms with E-state index in [1.165, 1.54) is 30.3 Å². The van der Waals surface area contributed by atoms with E-state index in [-0.39, 0.29) is 23.0 Å². The van der Waals surface area contributed by atoms with Crippen molar-refractivity contribution in [2.24, 2.45) is 0 Å². The van der Waals surface area contributed by atoms with E-state index in [1.54, 1.807) is 12.1 Å². The van der Waals surface area contributed by atoms with Crippen LogP contribution in [0.15, 0.2) is 42.5 Å². The molecule has 0 aliphatic rings. The van der Waals surface area contributed by atoms with Crippen LogP contribution in [0.25, 0.3) is 0 Å². The van der Waals surface area contributed by atoms with Gasteiger partial charge in [0.15, 0.2) is 0 Å². The van der Waals surface area contributed by atoms with Crippen molar-refractivity contribution >= 4 is 23.0 Å². The van der Waals surface area contributed by atoms with E-state index in [9.17, 15) is 20.2 Å². The molecule has 2 aromatic rings. The maximum absolute atomic E-state index is 10.6. The summed E-state index contributed by atoms with van der Waals surface area (Å²) in [4.78, 5) is 20.1. The van der Waals surface area contributed by atoms with Gasteiger partial charge in [-0.3, -0.25) is 20.2 Å². The van der Waals surface area contributed by atoms with Crippen molar-refractivity contribution in [3.63, 3.8) is 0 Å². The smallest absolute Gasteiger partial charge is 0.271 e. The molecule has 108 valence electrons. The fourth-order valence-electron chi connectivity index (χ4n) is 1.60. The molecular weight excluding hydrogens is 300 g/mol. The lowest BCUT2D eigenvalue weighted by Crippen LogP contribution is -1.97. The molecule has 0 atom stereocenters. The average molecular weight is 309 g/mol. The molecule has 0 unspecified atom stereocenters. The first kappa shape index (κ1) is 14.7. The van der Waals surface area contributed by atoms with Gasteiger partial charge >= 0.3 is 0 Å². The van der Waals surface area contributed by atoms with Crippen LogP contribution in [0.4, 0.5) is 11.4 Å². The Kier molecular flexibility index (Phi) is 4.34. The van der Waals surface area contributed by atoms with Crippen LogP contribution in [0.5, 0.6) is 5.75 Å². The second kappa shape index (κ2) is 6.19. The Balaban J connectivity index is 2.06. The number of nitrogens with zero attached hydrogens (tertiary/aromatic N) is 2. The van der Waals surface area contributed by atoms with E-state index in [0.29, 0.717) is 5.75 Å². The molecule has 0 N–H and O–H groups in total. The highest BCUT2D eigenvalue weighted by molar-refractivity contribution is 6.32. The monoisotopic (exact) mass is 308 g/mol. The maximum atomic E-state index is 10.6. The third-order valence-electron chi connectivity index (χ3n) is 2.67. The van der Waals surface area contributed by atoms with Crippen LogP contribution in [0.1, 0.15) is 5.56 Å².